The van der Waals surface area contributed by atoms with E-state index in [2.05, 4.69) is 39.0 Å². The standard InChI is InChI=1S/C27H24F2N6O2/c1-26(2)16-6-8-27(26,23-15(16)10-19(34-35-23)22-17(28)4-3-5-18(22)29)21-7-9-30-24(33-21)14-11-31-25(32-12-14)20(37)13-36/h3-5,7,9-12,16,20,36-37H,6,8,13H2,1-2H3/t16-,20+,27-/m0/s1. The summed E-state index contributed by atoms with van der Waals surface area (Å²) in [4.78, 5) is 17.6. The topological polar surface area (TPSA) is 118 Å². The van der Waals surface area contributed by atoms with Gasteiger partial charge in [-0.05, 0) is 54.0 Å². The molecule has 2 aliphatic rings. The molecule has 1 aromatic carbocycles. The Kier molecular flexibility index (Phi) is 5.36. The van der Waals surface area contributed by atoms with Crippen LogP contribution in [0.3, 0.4) is 0 Å². The fourth-order valence-corrected chi connectivity index (χ4v) is 6.20. The zero-order chi connectivity index (χ0) is 25.9. The Bertz CT molecular complexity index is 1490. The third-order valence-corrected chi connectivity index (χ3v) is 8.09. The van der Waals surface area contributed by atoms with Gasteiger partial charge in [-0.3, -0.25) is 0 Å². The Morgan fingerprint density at radius 2 is 1.78 bits per heavy atom. The highest BCUT2D eigenvalue weighted by atomic mass is 19.1. The molecule has 3 atom stereocenters. The van der Waals surface area contributed by atoms with Crippen molar-refractivity contribution in [1.82, 2.24) is 30.1 Å². The van der Waals surface area contributed by atoms with Gasteiger partial charge in [0.25, 0.3) is 0 Å². The molecule has 8 nitrogen and oxygen atoms in total. The summed E-state index contributed by atoms with van der Waals surface area (Å²) < 4.78 is 29.0. The largest absolute Gasteiger partial charge is 0.393 e. The molecule has 10 heteroatoms. The van der Waals surface area contributed by atoms with Crippen LogP contribution in [-0.4, -0.2) is 47.0 Å². The molecule has 2 bridgehead atoms. The van der Waals surface area contributed by atoms with E-state index in [4.69, 9.17) is 10.1 Å². The predicted molar refractivity (Wildman–Crippen MR) is 129 cm³/mol. The number of aliphatic hydroxyl groups is 2. The molecule has 3 aromatic heterocycles. The number of hydrogen-bond donors (Lipinski definition) is 2. The fourth-order valence-electron chi connectivity index (χ4n) is 6.20. The molecule has 1 saturated carbocycles. The predicted octanol–water partition coefficient (Wildman–Crippen LogP) is 3.90. The average Bonchev–Trinajstić information content (AvgIpc) is 3.29. The van der Waals surface area contributed by atoms with Crippen LogP contribution in [-0.2, 0) is 5.41 Å². The Morgan fingerprint density at radius 3 is 2.49 bits per heavy atom. The van der Waals surface area contributed by atoms with Gasteiger partial charge in [0.05, 0.1) is 40.2 Å². The smallest absolute Gasteiger partial charge is 0.162 e. The maximum Gasteiger partial charge on any atom is 0.162 e. The molecule has 3 heterocycles. The van der Waals surface area contributed by atoms with E-state index in [0.29, 0.717) is 11.4 Å². The zero-order valence-corrected chi connectivity index (χ0v) is 20.2. The van der Waals surface area contributed by atoms with Crippen molar-refractivity contribution in [3.05, 3.63) is 83.3 Å². The number of nitrogens with zero attached hydrogens (tertiary/aromatic N) is 6. The van der Waals surface area contributed by atoms with Gasteiger partial charge in [-0.2, -0.15) is 5.10 Å². The summed E-state index contributed by atoms with van der Waals surface area (Å²) >= 11 is 0. The van der Waals surface area contributed by atoms with Gasteiger partial charge < -0.3 is 10.2 Å². The van der Waals surface area contributed by atoms with Gasteiger partial charge in [-0.25, -0.2) is 28.7 Å². The van der Waals surface area contributed by atoms with Crippen LogP contribution in [0.25, 0.3) is 22.6 Å². The summed E-state index contributed by atoms with van der Waals surface area (Å²) in [7, 11) is 0. The Morgan fingerprint density at radius 1 is 1.05 bits per heavy atom. The van der Waals surface area contributed by atoms with Crippen molar-refractivity contribution in [2.45, 2.75) is 44.1 Å². The third-order valence-electron chi connectivity index (χ3n) is 8.09. The molecule has 0 amide bonds. The van der Waals surface area contributed by atoms with Crippen molar-refractivity contribution in [2.75, 3.05) is 6.61 Å². The lowest BCUT2D eigenvalue weighted by Gasteiger charge is -2.37. The van der Waals surface area contributed by atoms with E-state index in [9.17, 15) is 13.9 Å². The maximum atomic E-state index is 14.5. The number of benzene rings is 1. The van der Waals surface area contributed by atoms with Gasteiger partial charge in [0.1, 0.15) is 17.7 Å². The summed E-state index contributed by atoms with van der Waals surface area (Å²) in [5.74, 6) is -0.698. The second-order valence-electron chi connectivity index (χ2n) is 10.1. The number of hydrogen-bond acceptors (Lipinski definition) is 8. The van der Waals surface area contributed by atoms with Gasteiger partial charge >= 0.3 is 0 Å². The number of aromatic nitrogens is 6. The minimum absolute atomic E-state index is 0.114. The van der Waals surface area contributed by atoms with Crippen LogP contribution in [0.5, 0.6) is 0 Å². The van der Waals surface area contributed by atoms with Crippen molar-refractivity contribution in [1.29, 1.82) is 0 Å². The highest BCUT2D eigenvalue weighted by Gasteiger charge is 2.65. The summed E-state index contributed by atoms with van der Waals surface area (Å²) in [6, 6.07) is 7.41. The van der Waals surface area contributed by atoms with Gasteiger partial charge in [-0.15, -0.1) is 5.10 Å². The molecule has 2 N–H and O–H groups in total. The van der Waals surface area contributed by atoms with E-state index in [1.165, 1.54) is 30.6 Å². The highest BCUT2D eigenvalue weighted by molar-refractivity contribution is 5.64. The lowest BCUT2D eigenvalue weighted by molar-refractivity contribution is 0.0886. The molecule has 0 radical (unpaired) electrons. The fraction of sp³-hybridized carbons (Fsp3) is 0.333. The first-order valence-corrected chi connectivity index (χ1v) is 12.0. The number of rotatable bonds is 5. The first kappa shape index (κ1) is 23.6. The molecule has 6 rings (SSSR count). The molecule has 1 fully saturated rings. The van der Waals surface area contributed by atoms with Gasteiger partial charge in [0, 0.05) is 18.6 Å². The van der Waals surface area contributed by atoms with Crippen LogP contribution in [0.1, 0.15) is 61.5 Å². The Hall–Kier alpha value is -3.76. The van der Waals surface area contributed by atoms with Crippen LogP contribution in [0, 0.1) is 17.0 Å². The van der Waals surface area contributed by atoms with Crippen LogP contribution in [0.15, 0.2) is 48.9 Å². The normalized spacial score (nSPS) is 22.2. The SMILES string of the molecule is CC1(C)[C@H]2CC[C@]1(c1ccnc(-c3cnc([C@H](O)CO)nc3)n1)c1nnc(-c3c(F)cccc3F)cc12. The highest BCUT2D eigenvalue weighted by Crippen LogP contribution is 2.69. The second-order valence-corrected chi connectivity index (χ2v) is 10.1. The minimum atomic E-state index is -1.16. The van der Waals surface area contributed by atoms with Gasteiger partial charge in [0.2, 0.25) is 0 Å². The molecular formula is C27H24F2N6O2. The van der Waals surface area contributed by atoms with E-state index in [1.54, 1.807) is 12.3 Å². The van der Waals surface area contributed by atoms with Crippen LogP contribution >= 0.6 is 0 Å². The lowest BCUT2D eigenvalue weighted by atomic mass is 9.66. The Labute approximate surface area is 211 Å². The first-order chi connectivity index (χ1) is 17.8. The summed E-state index contributed by atoms with van der Waals surface area (Å²) in [6.07, 6.45) is 5.22. The van der Waals surface area contributed by atoms with Crippen LogP contribution in [0.2, 0.25) is 0 Å². The molecule has 37 heavy (non-hydrogen) atoms. The summed E-state index contributed by atoms with van der Waals surface area (Å²) in [5, 5.41) is 27.7. The summed E-state index contributed by atoms with van der Waals surface area (Å²) in [5.41, 5.74) is 2.22. The zero-order valence-electron chi connectivity index (χ0n) is 20.2. The quantitative estimate of drug-likeness (QED) is 0.422. The van der Waals surface area contributed by atoms with E-state index < -0.39 is 29.8 Å². The lowest BCUT2D eigenvalue weighted by Crippen LogP contribution is -2.38. The molecule has 0 spiro atoms. The molecule has 4 aromatic rings. The molecular weight excluding hydrogens is 478 g/mol. The van der Waals surface area contributed by atoms with E-state index in [0.717, 1.165) is 29.8 Å². The summed E-state index contributed by atoms with van der Waals surface area (Å²) in [6.45, 7) is 3.87. The molecule has 0 saturated heterocycles. The molecule has 188 valence electrons. The average molecular weight is 503 g/mol. The number of fused-ring (bicyclic) bond motifs is 5. The van der Waals surface area contributed by atoms with Crippen molar-refractivity contribution in [3.63, 3.8) is 0 Å². The van der Waals surface area contributed by atoms with Gasteiger partial charge in [-0.1, -0.05) is 19.9 Å². The Balaban J connectivity index is 1.45. The van der Waals surface area contributed by atoms with Crippen molar-refractivity contribution >= 4 is 0 Å². The first-order valence-electron chi connectivity index (χ1n) is 12.0. The minimum Gasteiger partial charge on any atom is -0.393 e. The van der Waals surface area contributed by atoms with E-state index >= 15 is 0 Å². The van der Waals surface area contributed by atoms with Crippen molar-refractivity contribution in [2.24, 2.45) is 5.41 Å². The van der Waals surface area contributed by atoms with Gasteiger partial charge in [0.15, 0.2) is 11.6 Å². The van der Waals surface area contributed by atoms with Crippen LogP contribution < -0.4 is 0 Å². The van der Waals surface area contributed by atoms with Crippen LogP contribution in [0.4, 0.5) is 8.78 Å². The molecule has 0 unspecified atom stereocenters. The monoisotopic (exact) mass is 502 g/mol. The second kappa shape index (κ2) is 8.39. The van der Waals surface area contributed by atoms with Crippen molar-refractivity contribution < 1.29 is 19.0 Å². The maximum absolute atomic E-state index is 14.5. The van der Waals surface area contributed by atoms with E-state index in [1.807, 2.05) is 6.07 Å². The number of halogens is 2. The van der Waals surface area contributed by atoms with Crippen molar-refractivity contribution in [3.8, 4) is 22.6 Å². The number of aliphatic hydroxyl groups excluding tert-OH is 2. The third kappa shape index (κ3) is 3.32. The van der Waals surface area contributed by atoms with E-state index in [-0.39, 0.29) is 28.4 Å². The molecule has 2 aliphatic carbocycles. The molecule has 0 aliphatic heterocycles.